The third-order valence-electron chi connectivity index (χ3n) is 3.41. The second kappa shape index (κ2) is 7.16. The molecule has 0 saturated heterocycles. The molecule has 0 aliphatic carbocycles. The fourth-order valence-electron chi connectivity index (χ4n) is 1.56. The van der Waals surface area contributed by atoms with Crippen molar-refractivity contribution in [2.24, 2.45) is 5.92 Å². The number of hydrogen-bond donors (Lipinski definition) is 1. The molecule has 0 aliphatic heterocycles. The van der Waals surface area contributed by atoms with E-state index in [2.05, 4.69) is 11.4 Å². The normalized spacial score (nSPS) is 14.2. The summed E-state index contributed by atoms with van der Waals surface area (Å²) < 4.78 is 22.7. The first-order chi connectivity index (χ1) is 10.1. The maximum absolute atomic E-state index is 11.9. The first-order valence-electron chi connectivity index (χ1n) is 6.73. The monoisotopic (exact) mass is 340 g/mol. The standard InChI is InChI=1S/C15H20N2O3S2/c1-11(2)15(3,10-16)17-14(18)9-21-12-5-7-13(8-6-12)22(4,19)20/h5-8,11H,9H2,1-4H3,(H,17,18)/t15-/m1/s1. The predicted octanol–water partition coefficient (Wildman–Crippen LogP) is 2.24. The molecule has 1 amide bonds. The van der Waals surface area contributed by atoms with E-state index in [1.54, 1.807) is 19.1 Å². The number of nitrogens with one attached hydrogen (secondary N) is 1. The van der Waals surface area contributed by atoms with E-state index in [1.807, 2.05) is 13.8 Å². The number of hydrogen-bond acceptors (Lipinski definition) is 5. The van der Waals surface area contributed by atoms with Crippen molar-refractivity contribution in [1.29, 1.82) is 5.26 Å². The summed E-state index contributed by atoms with van der Waals surface area (Å²) in [7, 11) is -3.21. The molecular weight excluding hydrogens is 320 g/mol. The van der Waals surface area contributed by atoms with Gasteiger partial charge >= 0.3 is 0 Å². The van der Waals surface area contributed by atoms with E-state index in [-0.39, 0.29) is 22.5 Å². The largest absolute Gasteiger partial charge is 0.337 e. The van der Waals surface area contributed by atoms with E-state index >= 15 is 0 Å². The van der Waals surface area contributed by atoms with Crippen LogP contribution in [0.25, 0.3) is 0 Å². The van der Waals surface area contributed by atoms with Crippen LogP contribution in [0.4, 0.5) is 0 Å². The molecule has 5 nitrogen and oxygen atoms in total. The van der Waals surface area contributed by atoms with Gasteiger partial charge in [0.2, 0.25) is 5.91 Å². The van der Waals surface area contributed by atoms with Crippen molar-refractivity contribution in [1.82, 2.24) is 5.32 Å². The Kier molecular flexibility index (Phi) is 6.03. The fraction of sp³-hybridized carbons (Fsp3) is 0.467. The SMILES string of the molecule is CC(C)[C@@](C)(C#N)NC(=O)CSc1ccc(S(C)(=O)=O)cc1. The summed E-state index contributed by atoms with van der Waals surface area (Å²) in [5, 5.41) is 11.9. The van der Waals surface area contributed by atoms with Gasteiger partial charge < -0.3 is 5.32 Å². The van der Waals surface area contributed by atoms with Gasteiger partial charge in [0.15, 0.2) is 9.84 Å². The highest BCUT2D eigenvalue weighted by Crippen LogP contribution is 2.21. The Morgan fingerprint density at radius 1 is 1.36 bits per heavy atom. The highest BCUT2D eigenvalue weighted by Gasteiger charge is 2.29. The molecule has 7 heteroatoms. The Balaban J connectivity index is 2.64. The van der Waals surface area contributed by atoms with Crippen LogP contribution in [0.15, 0.2) is 34.1 Å². The first-order valence-corrected chi connectivity index (χ1v) is 9.61. The molecule has 0 unspecified atom stereocenters. The van der Waals surface area contributed by atoms with Gasteiger partial charge in [-0.1, -0.05) is 13.8 Å². The van der Waals surface area contributed by atoms with Crippen molar-refractivity contribution in [3.8, 4) is 6.07 Å². The van der Waals surface area contributed by atoms with Crippen molar-refractivity contribution in [2.45, 2.75) is 36.1 Å². The Hall–Kier alpha value is -1.52. The lowest BCUT2D eigenvalue weighted by atomic mass is 9.90. The van der Waals surface area contributed by atoms with Gasteiger partial charge in [0, 0.05) is 11.2 Å². The molecule has 1 atom stereocenters. The summed E-state index contributed by atoms with van der Waals surface area (Å²) in [6.45, 7) is 5.45. The quantitative estimate of drug-likeness (QED) is 0.803. The topological polar surface area (TPSA) is 87.0 Å². The maximum atomic E-state index is 11.9. The van der Waals surface area contributed by atoms with Crippen LogP contribution < -0.4 is 5.32 Å². The fourth-order valence-corrected chi connectivity index (χ4v) is 2.89. The number of sulfone groups is 1. The summed E-state index contributed by atoms with van der Waals surface area (Å²) in [5.41, 5.74) is -0.891. The summed E-state index contributed by atoms with van der Waals surface area (Å²) in [5.74, 6) is -0.0576. The van der Waals surface area contributed by atoms with Crippen LogP contribution in [0.2, 0.25) is 0 Å². The lowest BCUT2D eigenvalue weighted by molar-refractivity contribution is -0.120. The number of thioether (sulfide) groups is 1. The van der Waals surface area contributed by atoms with Crippen LogP contribution >= 0.6 is 11.8 Å². The van der Waals surface area contributed by atoms with Gasteiger partial charge in [-0.25, -0.2) is 8.42 Å². The zero-order valence-electron chi connectivity index (χ0n) is 13.1. The van der Waals surface area contributed by atoms with Crippen LogP contribution in [0.3, 0.4) is 0 Å². The molecule has 1 N–H and O–H groups in total. The van der Waals surface area contributed by atoms with Crippen molar-refractivity contribution >= 4 is 27.5 Å². The minimum atomic E-state index is -3.21. The molecule has 0 radical (unpaired) electrons. The number of nitriles is 1. The predicted molar refractivity (Wildman–Crippen MR) is 87.3 cm³/mol. The Bertz CT molecular complexity index is 676. The zero-order valence-corrected chi connectivity index (χ0v) is 14.7. The molecule has 0 saturated carbocycles. The molecule has 0 spiro atoms. The van der Waals surface area contributed by atoms with Gasteiger partial charge in [-0.3, -0.25) is 4.79 Å². The minimum absolute atomic E-state index is 0.000458. The Morgan fingerprint density at radius 2 is 1.91 bits per heavy atom. The first kappa shape index (κ1) is 18.5. The lowest BCUT2D eigenvalue weighted by Gasteiger charge is -2.27. The van der Waals surface area contributed by atoms with E-state index < -0.39 is 15.4 Å². The van der Waals surface area contributed by atoms with Crippen LogP contribution in [-0.4, -0.2) is 31.9 Å². The number of benzene rings is 1. The molecule has 0 fully saturated rings. The van der Waals surface area contributed by atoms with Gasteiger partial charge in [-0.15, -0.1) is 11.8 Å². The minimum Gasteiger partial charge on any atom is -0.337 e. The average molecular weight is 340 g/mol. The molecular formula is C15H20N2O3S2. The van der Waals surface area contributed by atoms with Crippen LogP contribution in [0, 0.1) is 17.2 Å². The van der Waals surface area contributed by atoms with Crippen molar-refractivity contribution in [3.63, 3.8) is 0 Å². The molecule has 120 valence electrons. The number of rotatable bonds is 6. The third kappa shape index (κ3) is 5.04. The van der Waals surface area contributed by atoms with Crippen molar-refractivity contribution in [3.05, 3.63) is 24.3 Å². The van der Waals surface area contributed by atoms with Gasteiger partial charge in [0.25, 0.3) is 0 Å². The van der Waals surface area contributed by atoms with Crippen molar-refractivity contribution in [2.75, 3.05) is 12.0 Å². The molecule has 0 aromatic heterocycles. The van der Waals surface area contributed by atoms with Crippen LogP contribution in [-0.2, 0) is 14.6 Å². The average Bonchev–Trinajstić information content (AvgIpc) is 2.44. The van der Waals surface area contributed by atoms with E-state index in [0.29, 0.717) is 0 Å². The molecule has 0 aliphatic rings. The smallest absolute Gasteiger partial charge is 0.231 e. The molecule has 1 aromatic rings. The Labute approximate surface area is 136 Å². The second-order valence-corrected chi connectivity index (χ2v) is 8.61. The molecule has 0 bridgehead atoms. The Morgan fingerprint density at radius 3 is 2.32 bits per heavy atom. The number of carbonyl (C=O) groups is 1. The van der Waals surface area contributed by atoms with E-state index in [9.17, 15) is 13.2 Å². The highest BCUT2D eigenvalue weighted by atomic mass is 32.2. The third-order valence-corrected chi connectivity index (χ3v) is 5.55. The second-order valence-electron chi connectivity index (χ2n) is 5.55. The van der Waals surface area contributed by atoms with Crippen LogP contribution in [0.1, 0.15) is 20.8 Å². The highest BCUT2D eigenvalue weighted by molar-refractivity contribution is 8.00. The molecule has 1 rings (SSSR count). The lowest BCUT2D eigenvalue weighted by Crippen LogP contribution is -2.49. The number of carbonyl (C=O) groups excluding carboxylic acids is 1. The van der Waals surface area contributed by atoms with Gasteiger partial charge in [0.05, 0.1) is 16.7 Å². The van der Waals surface area contributed by atoms with Gasteiger partial charge in [0.1, 0.15) is 5.54 Å². The van der Waals surface area contributed by atoms with Gasteiger partial charge in [-0.05, 0) is 37.1 Å². The number of nitrogens with zero attached hydrogens (tertiary/aromatic N) is 1. The van der Waals surface area contributed by atoms with Gasteiger partial charge in [-0.2, -0.15) is 5.26 Å². The van der Waals surface area contributed by atoms with Crippen LogP contribution in [0.5, 0.6) is 0 Å². The maximum Gasteiger partial charge on any atom is 0.231 e. The summed E-state index contributed by atoms with van der Waals surface area (Å²) in [6.07, 6.45) is 1.15. The summed E-state index contributed by atoms with van der Waals surface area (Å²) >= 11 is 1.29. The summed E-state index contributed by atoms with van der Waals surface area (Å²) in [4.78, 5) is 13.0. The number of amides is 1. The zero-order chi connectivity index (χ0) is 17.0. The molecule has 22 heavy (non-hydrogen) atoms. The summed E-state index contributed by atoms with van der Waals surface area (Å²) in [6, 6.07) is 8.49. The van der Waals surface area contributed by atoms with E-state index in [4.69, 9.17) is 5.26 Å². The van der Waals surface area contributed by atoms with Crippen molar-refractivity contribution < 1.29 is 13.2 Å². The molecule has 1 aromatic carbocycles. The molecule has 0 heterocycles. The van der Waals surface area contributed by atoms with E-state index in [1.165, 1.54) is 23.9 Å². The van der Waals surface area contributed by atoms with E-state index in [0.717, 1.165) is 11.2 Å².